The molecule has 1 aliphatic heterocycles. The maximum Gasteiger partial charge on any atom is 0.227 e. The summed E-state index contributed by atoms with van der Waals surface area (Å²) in [5.41, 5.74) is 2.92. The van der Waals surface area contributed by atoms with E-state index in [1.807, 2.05) is 37.3 Å². The fourth-order valence-electron chi connectivity index (χ4n) is 4.09. The molecule has 6 heteroatoms. The van der Waals surface area contributed by atoms with Gasteiger partial charge in [-0.05, 0) is 30.7 Å². The standard InChI is InChI=1S/C22H20Cl2N2O2/c1-2-19(28)26-17-11-4-3-9-15(17)25-16-10-6-12-18(27)21(16)22(26)20-13(23)7-5-8-14(20)24/h3-5,7-11,21-22,25H,2,6,12H2,1H3/t21-,22+/m1/s1. The van der Waals surface area contributed by atoms with Crippen LogP contribution in [0.15, 0.2) is 54.2 Å². The third-order valence-electron chi connectivity index (χ3n) is 5.34. The summed E-state index contributed by atoms with van der Waals surface area (Å²) in [6.07, 6.45) is 3.44. The van der Waals surface area contributed by atoms with Crippen molar-refractivity contribution >= 4 is 46.3 Å². The van der Waals surface area contributed by atoms with Gasteiger partial charge in [0.1, 0.15) is 5.78 Å². The first-order valence-corrected chi connectivity index (χ1v) is 10.1. The van der Waals surface area contributed by atoms with Gasteiger partial charge in [-0.1, -0.05) is 54.4 Å². The second kappa shape index (κ2) is 7.61. The molecule has 2 aromatic rings. The Balaban J connectivity index is 2.04. The van der Waals surface area contributed by atoms with Crippen LogP contribution in [0.3, 0.4) is 0 Å². The van der Waals surface area contributed by atoms with Gasteiger partial charge in [0.25, 0.3) is 0 Å². The molecular weight excluding hydrogens is 395 g/mol. The van der Waals surface area contributed by atoms with Gasteiger partial charge in [0, 0.05) is 34.1 Å². The SMILES string of the molecule is CCC(=O)N1c2ccccc2NC2=CCCC(=O)[C@@H]2[C@@H]1c1c(Cl)cccc1Cl. The van der Waals surface area contributed by atoms with E-state index < -0.39 is 12.0 Å². The summed E-state index contributed by atoms with van der Waals surface area (Å²) in [5, 5.41) is 4.30. The zero-order valence-corrected chi connectivity index (χ0v) is 16.9. The molecule has 1 N–H and O–H groups in total. The van der Waals surface area contributed by atoms with Gasteiger partial charge in [0.15, 0.2) is 0 Å². The first kappa shape index (κ1) is 19.0. The molecule has 2 aromatic carbocycles. The highest BCUT2D eigenvalue weighted by atomic mass is 35.5. The maximum absolute atomic E-state index is 13.2. The molecule has 28 heavy (non-hydrogen) atoms. The largest absolute Gasteiger partial charge is 0.357 e. The van der Waals surface area contributed by atoms with E-state index in [4.69, 9.17) is 23.2 Å². The minimum atomic E-state index is -0.608. The third-order valence-corrected chi connectivity index (χ3v) is 6.00. The van der Waals surface area contributed by atoms with Crippen LogP contribution < -0.4 is 10.2 Å². The number of allylic oxidation sites excluding steroid dienone is 1. The number of ketones is 1. The first-order valence-electron chi connectivity index (χ1n) is 9.37. The van der Waals surface area contributed by atoms with E-state index in [0.717, 1.165) is 17.1 Å². The quantitative estimate of drug-likeness (QED) is 0.678. The number of hydrogen-bond acceptors (Lipinski definition) is 3. The number of carbonyl (C=O) groups excluding carboxylic acids is 2. The average molecular weight is 415 g/mol. The van der Waals surface area contributed by atoms with Crippen molar-refractivity contribution in [3.63, 3.8) is 0 Å². The Labute approximate surface area is 174 Å². The molecule has 144 valence electrons. The Bertz CT molecular complexity index is 966. The lowest BCUT2D eigenvalue weighted by atomic mass is 9.81. The normalized spacial score (nSPS) is 21.2. The molecule has 0 spiro atoms. The summed E-state index contributed by atoms with van der Waals surface area (Å²) in [6, 6.07) is 12.2. The molecule has 4 nitrogen and oxygen atoms in total. The number of para-hydroxylation sites is 2. The molecule has 0 unspecified atom stereocenters. The molecular formula is C22H20Cl2N2O2. The van der Waals surface area contributed by atoms with Crippen molar-refractivity contribution in [2.75, 3.05) is 10.2 Å². The first-order chi connectivity index (χ1) is 13.5. The number of carbonyl (C=O) groups is 2. The van der Waals surface area contributed by atoms with E-state index in [2.05, 4.69) is 5.32 Å². The van der Waals surface area contributed by atoms with Gasteiger partial charge in [-0.2, -0.15) is 0 Å². The molecule has 4 rings (SSSR count). The molecule has 0 saturated carbocycles. The van der Waals surface area contributed by atoms with Crippen LogP contribution in [0.2, 0.25) is 10.0 Å². The highest BCUT2D eigenvalue weighted by molar-refractivity contribution is 6.36. The van der Waals surface area contributed by atoms with Crippen molar-refractivity contribution in [3.05, 3.63) is 69.8 Å². The monoisotopic (exact) mass is 414 g/mol. The second-order valence-corrected chi connectivity index (χ2v) is 7.80. The molecule has 0 radical (unpaired) electrons. The summed E-state index contributed by atoms with van der Waals surface area (Å²) in [5.74, 6) is -0.559. The van der Waals surface area contributed by atoms with E-state index in [1.54, 1.807) is 23.1 Å². The van der Waals surface area contributed by atoms with Crippen LogP contribution in [0, 0.1) is 5.92 Å². The third kappa shape index (κ3) is 3.11. The molecule has 2 aliphatic rings. The predicted octanol–water partition coefficient (Wildman–Crippen LogP) is 5.77. The van der Waals surface area contributed by atoms with E-state index in [-0.39, 0.29) is 11.7 Å². The zero-order valence-electron chi connectivity index (χ0n) is 15.4. The maximum atomic E-state index is 13.2. The van der Waals surface area contributed by atoms with E-state index in [1.165, 1.54) is 0 Å². The van der Waals surface area contributed by atoms with Crippen LogP contribution in [-0.4, -0.2) is 11.7 Å². The number of rotatable bonds is 2. The van der Waals surface area contributed by atoms with Crippen molar-refractivity contribution in [1.82, 2.24) is 0 Å². The number of benzene rings is 2. The second-order valence-electron chi connectivity index (χ2n) is 6.98. The molecule has 0 fully saturated rings. The predicted molar refractivity (Wildman–Crippen MR) is 113 cm³/mol. The molecule has 0 saturated heterocycles. The smallest absolute Gasteiger partial charge is 0.227 e. The molecule has 1 heterocycles. The number of Topliss-reactive ketones (excluding diaryl/α,β-unsaturated/α-hetero) is 1. The zero-order chi connectivity index (χ0) is 19.8. The van der Waals surface area contributed by atoms with Crippen LogP contribution >= 0.6 is 23.2 Å². The van der Waals surface area contributed by atoms with Crippen LogP contribution in [-0.2, 0) is 9.59 Å². The van der Waals surface area contributed by atoms with Gasteiger partial charge in [-0.15, -0.1) is 0 Å². The van der Waals surface area contributed by atoms with Crippen LogP contribution in [0.25, 0.3) is 0 Å². The lowest BCUT2D eigenvalue weighted by molar-refractivity contribution is -0.123. The lowest BCUT2D eigenvalue weighted by Gasteiger charge is -2.37. The average Bonchev–Trinajstić information content (AvgIpc) is 2.82. The lowest BCUT2D eigenvalue weighted by Crippen LogP contribution is -2.42. The summed E-state index contributed by atoms with van der Waals surface area (Å²) in [4.78, 5) is 27.9. The molecule has 1 amide bonds. The van der Waals surface area contributed by atoms with Gasteiger partial charge in [-0.25, -0.2) is 0 Å². The van der Waals surface area contributed by atoms with Crippen molar-refractivity contribution < 1.29 is 9.59 Å². The van der Waals surface area contributed by atoms with Gasteiger partial charge in [-0.3, -0.25) is 9.59 Å². The number of hydrogen-bond donors (Lipinski definition) is 1. The fourth-order valence-corrected chi connectivity index (χ4v) is 4.71. The van der Waals surface area contributed by atoms with Crippen LogP contribution in [0.1, 0.15) is 37.8 Å². The van der Waals surface area contributed by atoms with Crippen LogP contribution in [0.5, 0.6) is 0 Å². The van der Waals surface area contributed by atoms with E-state index in [9.17, 15) is 9.59 Å². The van der Waals surface area contributed by atoms with Crippen molar-refractivity contribution in [3.8, 4) is 0 Å². The highest BCUT2D eigenvalue weighted by Crippen LogP contribution is 2.49. The fraction of sp³-hybridized carbons (Fsp3) is 0.273. The Kier molecular flexibility index (Phi) is 5.17. The number of amides is 1. The minimum absolute atomic E-state index is 0.0766. The van der Waals surface area contributed by atoms with Gasteiger partial charge < -0.3 is 10.2 Å². The molecule has 0 bridgehead atoms. The number of nitrogens with zero attached hydrogens (tertiary/aromatic N) is 1. The van der Waals surface area contributed by atoms with Crippen LogP contribution in [0.4, 0.5) is 11.4 Å². The summed E-state index contributed by atoms with van der Waals surface area (Å²) in [7, 11) is 0. The summed E-state index contributed by atoms with van der Waals surface area (Å²) < 4.78 is 0. The molecule has 1 aliphatic carbocycles. The minimum Gasteiger partial charge on any atom is -0.357 e. The Morgan fingerprint density at radius 2 is 1.86 bits per heavy atom. The van der Waals surface area contributed by atoms with E-state index >= 15 is 0 Å². The summed E-state index contributed by atoms with van der Waals surface area (Å²) >= 11 is 13.1. The number of fused-ring (bicyclic) bond motifs is 2. The van der Waals surface area contributed by atoms with Crippen molar-refractivity contribution in [2.24, 2.45) is 5.92 Å². The van der Waals surface area contributed by atoms with E-state index in [0.29, 0.717) is 34.9 Å². The topological polar surface area (TPSA) is 49.4 Å². The Morgan fingerprint density at radius 3 is 2.57 bits per heavy atom. The van der Waals surface area contributed by atoms with Crippen molar-refractivity contribution in [2.45, 2.75) is 32.2 Å². The van der Waals surface area contributed by atoms with Crippen molar-refractivity contribution in [1.29, 1.82) is 0 Å². The highest BCUT2D eigenvalue weighted by Gasteiger charge is 2.44. The van der Waals surface area contributed by atoms with Gasteiger partial charge in [0.2, 0.25) is 5.91 Å². The number of halogens is 2. The molecule has 0 aromatic heterocycles. The van der Waals surface area contributed by atoms with Gasteiger partial charge >= 0.3 is 0 Å². The summed E-state index contributed by atoms with van der Waals surface area (Å²) in [6.45, 7) is 1.81. The number of anilines is 2. The number of nitrogens with one attached hydrogen (secondary N) is 1. The van der Waals surface area contributed by atoms with Gasteiger partial charge in [0.05, 0.1) is 23.3 Å². The Morgan fingerprint density at radius 1 is 1.14 bits per heavy atom. The Hall–Kier alpha value is -2.30. The molecule has 2 atom stereocenters.